The molecular formula is C21H25N7O3. The Hall–Kier alpha value is -3.69. The Morgan fingerprint density at radius 3 is 2.90 bits per heavy atom. The zero-order chi connectivity index (χ0) is 21.5. The number of carbonyl (C=O) groups is 1. The lowest BCUT2D eigenvalue weighted by molar-refractivity contribution is -0.145. The van der Waals surface area contributed by atoms with Gasteiger partial charge in [-0.15, -0.1) is 0 Å². The van der Waals surface area contributed by atoms with Gasteiger partial charge in [0.2, 0.25) is 5.95 Å². The molecule has 1 aliphatic rings. The predicted molar refractivity (Wildman–Crippen MR) is 118 cm³/mol. The van der Waals surface area contributed by atoms with Gasteiger partial charge in [0, 0.05) is 35.8 Å². The summed E-state index contributed by atoms with van der Waals surface area (Å²) in [4.78, 5) is 30.0. The van der Waals surface area contributed by atoms with E-state index in [1.54, 1.807) is 13.1 Å². The number of aromatic nitrogens is 4. The van der Waals surface area contributed by atoms with Crippen molar-refractivity contribution in [1.82, 2.24) is 19.9 Å². The van der Waals surface area contributed by atoms with E-state index in [-0.39, 0.29) is 25.2 Å². The zero-order valence-electron chi connectivity index (χ0n) is 17.4. The summed E-state index contributed by atoms with van der Waals surface area (Å²) in [6.45, 7) is 3.48. The Bertz CT molecular complexity index is 1060. The highest BCUT2D eigenvalue weighted by molar-refractivity contribution is 5.99. The standard InChI is InChI=1S/C21H25N7O3/c1-2-30-18(29)14-31-21-25-19(24-20(26-21)28-10-6-3-7-11-28)27-23-13-15-12-22-17-9-5-4-8-16(15)17/h4-5,8-9,12-13,22H,2-3,6-7,10-11,14H2,1H3,(H,24,25,26,27)/b23-13+. The number of hydrazone groups is 1. The first-order chi connectivity index (χ1) is 15.2. The lowest BCUT2D eigenvalue weighted by Gasteiger charge is -2.26. The minimum atomic E-state index is -0.477. The number of rotatable bonds is 8. The average molecular weight is 423 g/mol. The van der Waals surface area contributed by atoms with Crippen LogP contribution < -0.4 is 15.1 Å². The number of H-pyrrole nitrogens is 1. The van der Waals surface area contributed by atoms with Gasteiger partial charge in [-0.05, 0) is 32.3 Å². The first-order valence-corrected chi connectivity index (χ1v) is 10.4. The van der Waals surface area contributed by atoms with Crippen LogP contribution in [0.15, 0.2) is 35.6 Å². The van der Waals surface area contributed by atoms with E-state index in [0.717, 1.165) is 42.4 Å². The van der Waals surface area contributed by atoms with E-state index in [2.05, 4.69) is 35.4 Å². The Morgan fingerprint density at radius 2 is 2.06 bits per heavy atom. The molecule has 3 heterocycles. The smallest absolute Gasteiger partial charge is 0.344 e. The molecule has 0 bridgehead atoms. The zero-order valence-corrected chi connectivity index (χ0v) is 17.4. The fraction of sp³-hybridized carbons (Fsp3) is 0.381. The van der Waals surface area contributed by atoms with Crippen LogP contribution in [0.2, 0.25) is 0 Å². The van der Waals surface area contributed by atoms with Crippen molar-refractivity contribution in [2.24, 2.45) is 5.10 Å². The molecule has 3 aromatic rings. The van der Waals surface area contributed by atoms with Gasteiger partial charge in [0.05, 0.1) is 12.8 Å². The number of nitrogens with zero attached hydrogens (tertiary/aromatic N) is 5. The third kappa shape index (κ3) is 5.27. The van der Waals surface area contributed by atoms with Gasteiger partial charge in [-0.3, -0.25) is 0 Å². The fourth-order valence-electron chi connectivity index (χ4n) is 3.38. The number of nitrogens with one attached hydrogen (secondary N) is 2. The van der Waals surface area contributed by atoms with E-state index >= 15 is 0 Å². The van der Waals surface area contributed by atoms with Gasteiger partial charge >= 0.3 is 12.0 Å². The maximum Gasteiger partial charge on any atom is 0.344 e. The van der Waals surface area contributed by atoms with Crippen molar-refractivity contribution in [2.75, 3.05) is 36.6 Å². The molecule has 10 heteroatoms. The molecule has 0 atom stereocenters. The van der Waals surface area contributed by atoms with Crippen LogP contribution in [0.5, 0.6) is 6.01 Å². The molecule has 0 amide bonds. The van der Waals surface area contributed by atoms with Crippen molar-refractivity contribution in [3.63, 3.8) is 0 Å². The summed E-state index contributed by atoms with van der Waals surface area (Å²) in [6, 6.07) is 8.03. The highest BCUT2D eigenvalue weighted by Crippen LogP contribution is 2.20. The van der Waals surface area contributed by atoms with Crippen molar-refractivity contribution in [3.05, 3.63) is 36.0 Å². The molecule has 1 aromatic carbocycles. The van der Waals surface area contributed by atoms with Crippen LogP contribution in [0.25, 0.3) is 10.9 Å². The monoisotopic (exact) mass is 423 g/mol. The maximum absolute atomic E-state index is 11.6. The molecule has 0 radical (unpaired) electrons. The van der Waals surface area contributed by atoms with Crippen molar-refractivity contribution < 1.29 is 14.3 Å². The van der Waals surface area contributed by atoms with Crippen LogP contribution >= 0.6 is 0 Å². The minimum Gasteiger partial charge on any atom is -0.463 e. The van der Waals surface area contributed by atoms with Crippen LogP contribution in [-0.4, -0.2) is 58.4 Å². The first kappa shape index (κ1) is 20.6. The molecule has 0 spiro atoms. The van der Waals surface area contributed by atoms with E-state index in [9.17, 15) is 4.79 Å². The van der Waals surface area contributed by atoms with Crippen LogP contribution in [0.4, 0.5) is 11.9 Å². The van der Waals surface area contributed by atoms with Crippen molar-refractivity contribution in [2.45, 2.75) is 26.2 Å². The molecule has 0 unspecified atom stereocenters. The summed E-state index contributed by atoms with van der Waals surface area (Å²) in [6.07, 6.45) is 6.92. The molecule has 4 rings (SSSR count). The van der Waals surface area contributed by atoms with Gasteiger partial charge in [0.15, 0.2) is 6.61 Å². The molecule has 31 heavy (non-hydrogen) atoms. The number of anilines is 2. The summed E-state index contributed by atoms with van der Waals surface area (Å²) in [5.74, 6) is 0.262. The van der Waals surface area contributed by atoms with Gasteiger partial charge in [0.1, 0.15) is 0 Å². The quantitative estimate of drug-likeness (QED) is 0.323. The molecule has 162 valence electrons. The van der Waals surface area contributed by atoms with E-state index in [4.69, 9.17) is 9.47 Å². The molecule has 10 nitrogen and oxygen atoms in total. The molecule has 2 aromatic heterocycles. The van der Waals surface area contributed by atoms with Gasteiger partial charge in [-0.2, -0.15) is 20.1 Å². The summed E-state index contributed by atoms with van der Waals surface area (Å²) in [5.41, 5.74) is 4.82. The molecule has 0 saturated carbocycles. The van der Waals surface area contributed by atoms with Gasteiger partial charge in [-0.25, -0.2) is 10.2 Å². The van der Waals surface area contributed by atoms with Gasteiger partial charge in [-0.1, -0.05) is 18.2 Å². The second kappa shape index (κ2) is 9.88. The number of esters is 1. The fourth-order valence-corrected chi connectivity index (χ4v) is 3.38. The minimum absolute atomic E-state index is 0.0495. The van der Waals surface area contributed by atoms with Crippen molar-refractivity contribution in [1.29, 1.82) is 0 Å². The average Bonchev–Trinajstić information content (AvgIpc) is 3.22. The van der Waals surface area contributed by atoms with Crippen molar-refractivity contribution >= 4 is 35.0 Å². The Balaban J connectivity index is 1.51. The number of piperidine rings is 1. The Labute approximate surface area is 179 Å². The lowest BCUT2D eigenvalue weighted by Crippen LogP contribution is -2.31. The number of carbonyl (C=O) groups excluding carboxylic acids is 1. The first-order valence-electron chi connectivity index (χ1n) is 10.4. The third-order valence-electron chi connectivity index (χ3n) is 4.86. The molecule has 1 saturated heterocycles. The number of benzene rings is 1. The summed E-state index contributed by atoms with van der Waals surface area (Å²) in [5, 5.41) is 5.34. The number of hydrogen-bond acceptors (Lipinski definition) is 9. The van der Waals surface area contributed by atoms with E-state index in [1.807, 2.05) is 30.5 Å². The predicted octanol–water partition coefficient (Wildman–Crippen LogP) is 2.73. The molecule has 1 fully saturated rings. The SMILES string of the molecule is CCOC(=O)COc1nc(N/N=C/c2c[nH]c3ccccc23)nc(N2CCCCC2)n1. The number of ether oxygens (including phenoxy) is 2. The van der Waals surface area contributed by atoms with Crippen LogP contribution in [0.1, 0.15) is 31.7 Å². The highest BCUT2D eigenvalue weighted by Gasteiger charge is 2.17. The Morgan fingerprint density at radius 1 is 1.23 bits per heavy atom. The molecular weight excluding hydrogens is 398 g/mol. The second-order valence-corrected chi connectivity index (χ2v) is 7.04. The lowest BCUT2D eigenvalue weighted by atomic mass is 10.1. The molecule has 1 aliphatic heterocycles. The van der Waals surface area contributed by atoms with Gasteiger partial charge < -0.3 is 19.4 Å². The van der Waals surface area contributed by atoms with Gasteiger partial charge in [0.25, 0.3) is 5.95 Å². The maximum atomic E-state index is 11.6. The van der Waals surface area contributed by atoms with Crippen molar-refractivity contribution in [3.8, 4) is 6.01 Å². The molecule has 0 aliphatic carbocycles. The van der Waals surface area contributed by atoms with Crippen LogP contribution in [0.3, 0.4) is 0 Å². The third-order valence-corrected chi connectivity index (χ3v) is 4.86. The van der Waals surface area contributed by atoms with E-state index in [1.165, 1.54) is 6.42 Å². The van der Waals surface area contributed by atoms with Crippen LogP contribution in [-0.2, 0) is 9.53 Å². The van der Waals surface area contributed by atoms with E-state index < -0.39 is 5.97 Å². The summed E-state index contributed by atoms with van der Waals surface area (Å²) < 4.78 is 10.3. The van der Waals surface area contributed by atoms with E-state index in [0.29, 0.717) is 5.95 Å². The topological polar surface area (TPSA) is 118 Å². The molecule has 2 N–H and O–H groups in total. The normalized spacial score (nSPS) is 14.2. The number of fused-ring (bicyclic) bond motifs is 1. The largest absolute Gasteiger partial charge is 0.463 e. The number of hydrogen-bond donors (Lipinski definition) is 2. The Kier molecular flexibility index (Phi) is 6.56. The van der Waals surface area contributed by atoms with Crippen LogP contribution in [0, 0.1) is 0 Å². The second-order valence-electron chi connectivity index (χ2n) is 7.04. The number of para-hydroxylation sites is 1. The summed E-state index contributed by atoms with van der Waals surface area (Å²) in [7, 11) is 0. The highest BCUT2D eigenvalue weighted by atomic mass is 16.6. The summed E-state index contributed by atoms with van der Waals surface area (Å²) >= 11 is 0. The number of aromatic amines is 1.